The number of hydrogen-bond acceptors (Lipinski definition) is 3. The number of rotatable bonds is 7. The highest BCUT2D eigenvalue weighted by atomic mass is 32.2. The van der Waals surface area contributed by atoms with Crippen LogP contribution < -0.4 is 4.72 Å². The van der Waals surface area contributed by atoms with E-state index in [1.54, 1.807) is 0 Å². The van der Waals surface area contributed by atoms with Crippen LogP contribution >= 0.6 is 0 Å². The molecule has 0 saturated carbocycles. The maximum absolute atomic E-state index is 12.4. The smallest absolute Gasteiger partial charge is 0.215 e. The SMILES string of the molecule is Cc1ccccc1CS(=O)(=O)NCC1CCN(Cc2ccccc2)CC1. The van der Waals surface area contributed by atoms with E-state index >= 15 is 0 Å². The molecule has 140 valence electrons. The van der Waals surface area contributed by atoms with Gasteiger partial charge in [-0.05, 0) is 55.5 Å². The molecule has 4 nitrogen and oxygen atoms in total. The third-order valence-corrected chi connectivity index (χ3v) is 6.45. The molecule has 1 heterocycles. The highest BCUT2D eigenvalue weighted by Crippen LogP contribution is 2.19. The summed E-state index contributed by atoms with van der Waals surface area (Å²) >= 11 is 0. The van der Waals surface area contributed by atoms with Crippen molar-refractivity contribution in [1.29, 1.82) is 0 Å². The fourth-order valence-electron chi connectivity index (χ4n) is 3.46. The average Bonchev–Trinajstić information content (AvgIpc) is 2.64. The van der Waals surface area contributed by atoms with E-state index in [9.17, 15) is 8.42 Å². The molecule has 2 aromatic carbocycles. The zero-order valence-corrected chi connectivity index (χ0v) is 16.2. The predicted molar refractivity (Wildman–Crippen MR) is 106 cm³/mol. The van der Waals surface area contributed by atoms with Gasteiger partial charge in [-0.25, -0.2) is 13.1 Å². The van der Waals surface area contributed by atoms with Crippen LogP contribution in [-0.4, -0.2) is 33.0 Å². The van der Waals surface area contributed by atoms with E-state index in [-0.39, 0.29) is 5.75 Å². The molecular weight excluding hydrogens is 344 g/mol. The molecule has 3 rings (SSSR count). The van der Waals surface area contributed by atoms with Crippen LogP contribution in [0.25, 0.3) is 0 Å². The highest BCUT2D eigenvalue weighted by Gasteiger charge is 2.21. The number of likely N-dealkylation sites (tertiary alicyclic amines) is 1. The molecule has 0 aromatic heterocycles. The van der Waals surface area contributed by atoms with Crippen molar-refractivity contribution in [2.24, 2.45) is 5.92 Å². The minimum Gasteiger partial charge on any atom is -0.299 e. The lowest BCUT2D eigenvalue weighted by molar-refractivity contribution is 0.178. The summed E-state index contributed by atoms with van der Waals surface area (Å²) in [6.07, 6.45) is 2.08. The Morgan fingerprint density at radius 1 is 1.00 bits per heavy atom. The number of hydrogen-bond donors (Lipinski definition) is 1. The van der Waals surface area contributed by atoms with E-state index < -0.39 is 10.0 Å². The van der Waals surface area contributed by atoms with Crippen LogP contribution in [0.4, 0.5) is 0 Å². The summed E-state index contributed by atoms with van der Waals surface area (Å²) in [6.45, 7) is 5.53. The average molecular weight is 373 g/mol. The summed E-state index contributed by atoms with van der Waals surface area (Å²) < 4.78 is 27.6. The molecule has 2 aromatic rings. The largest absolute Gasteiger partial charge is 0.299 e. The standard InChI is InChI=1S/C21H28N2O2S/c1-18-7-5-6-10-21(18)17-26(24,25)22-15-19-11-13-23(14-12-19)16-20-8-3-2-4-9-20/h2-10,19,22H,11-17H2,1H3. The summed E-state index contributed by atoms with van der Waals surface area (Å²) in [6, 6.07) is 18.2. The van der Waals surface area contributed by atoms with Gasteiger partial charge in [-0.15, -0.1) is 0 Å². The summed E-state index contributed by atoms with van der Waals surface area (Å²) in [5.41, 5.74) is 3.23. The fraction of sp³-hybridized carbons (Fsp3) is 0.429. The number of nitrogens with zero attached hydrogens (tertiary/aromatic N) is 1. The van der Waals surface area contributed by atoms with Crippen molar-refractivity contribution in [3.05, 3.63) is 71.3 Å². The first-order valence-corrected chi connectivity index (χ1v) is 11.0. The van der Waals surface area contributed by atoms with Crippen LogP contribution in [0.3, 0.4) is 0 Å². The lowest BCUT2D eigenvalue weighted by atomic mass is 9.97. The van der Waals surface area contributed by atoms with Gasteiger partial charge in [0.2, 0.25) is 10.0 Å². The molecule has 1 saturated heterocycles. The van der Waals surface area contributed by atoms with Gasteiger partial charge in [0, 0.05) is 13.1 Å². The second-order valence-corrected chi connectivity index (χ2v) is 9.05. The van der Waals surface area contributed by atoms with Crippen molar-refractivity contribution in [2.75, 3.05) is 19.6 Å². The molecular formula is C21H28N2O2S. The summed E-state index contributed by atoms with van der Waals surface area (Å²) in [5.74, 6) is 0.487. The third kappa shape index (κ3) is 5.66. The van der Waals surface area contributed by atoms with Gasteiger partial charge in [0.1, 0.15) is 0 Å². The van der Waals surface area contributed by atoms with Gasteiger partial charge in [0.25, 0.3) is 0 Å². The van der Waals surface area contributed by atoms with Crippen LogP contribution in [0, 0.1) is 12.8 Å². The Morgan fingerprint density at radius 3 is 2.35 bits per heavy atom. The number of benzene rings is 2. The molecule has 1 N–H and O–H groups in total. The van der Waals surface area contributed by atoms with Crippen LogP contribution in [0.5, 0.6) is 0 Å². The van der Waals surface area contributed by atoms with Gasteiger partial charge in [-0.3, -0.25) is 4.90 Å². The first-order valence-electron chi connectivity index (χ1n) is 9.30. The summed E-state index contributed by atoms with van der Waals surface area (Å²) in [4.78, 5) is 2.45. The van der Waals surface area contributed by atoms with E-state index in [0.717, 1.165) is 43.6 Å². The van der Waals surface area contributed by atoms with Gasteiger partial charge in [0.05, 0.1) is 5.75 Å². The minimum atomic E-state index is -3.28. The Bertz CT molecular complexity index is 798. The zero-order chi connectivity index (χ0) is 18.4. The lowest BCUT2D eigenvalue weighted by Gasteiger charge is -2.32. The maximum Gasteiger partial charge on any atom is 0.215 e. The molecule has 1 fully saturated rings. The Hall–Kier alpha value is -1.69. The first kappa shape index (κ1) is 19.1. The van der Waals surface area contributed by atoms with Crippen molar-refractivity contribution >= 4 is 10.0 Å². The number of piperidine rings is 1. The number of sulfonamides is 1. The molecule has 0 spiro atoms. The molecule has 5 heteroatoms. The normalized spacial score (nSPS) is 16.7. The number of nitrogens with one attached hydrogen (secondary N) is 1. The molecule has 0 radical (unpaired) electrons. The topological polar surface area (TPSA) is 49.4 Å². The number of aryl methyl sites for hydroxylation is 1. The van der Waals surface area contributed by atoms with E-state index in [1.807, 2.05) is 37.3 Å². The zero-order valence-electron chi connectivity index (χ0n) is 15.4. The predicted octanol–water partition coefficient (Wildman–Crippen LogP) is 3.33. The van der Waals surface area contributed by atoms with Gasteiger partial charge in [-0.1, -0.05) is 54.6 Å². The monoisotopic (exact) mass is 372 g/mol. The second kappa shape index (κ2) is 8.80. The summed E-state index contributed by atoms with van der Waals surface area (Å²) in [7, 11) is -3.28. The molecule has 0 aliphatic carbocycles. The van der Waals surface area contributed by atoms with Gasteiger partial charge >= 0.3 is 0 Å². The van der Waals surface area contributed by atoms with Gasteiger partial charge in [-0.2, -0.15) is 0 Å². The summed E-state index contributed by atoms with van der Waals surface area (Å²) in [5, 5.41) is 0. The molecule has 1 aliphatic rings. The van der Waals surface area contributed by atoms with Crippen molar-refractivity contribution in [3.8, 4) is 0 Å². The highest BCUT2D eigenvalue weighted by molar-refractivity contribution is 7.88. The van der Waals surface area contributed by atoms with Gasteiger partial charge in [0.15, 0.2) is 0 Å². The third-order valence-electron chi connectivity index (χ3n) is 5.15. The fourth-order valence-corrected chi connectivity index (χ4v) is 4.79. The molecule has 0 unspecified atom stereocenters. The molecule has 1 aliphatic heterocycles. The van der Waals surface area contributed by atoms with Crippen LogP contribution in [0.1, 0.15) is 29.5 Å². The van der Waals surface area contributed by atoms with Crippen molar-refractivity contribution in [2.45, 2.75) is 32.1 Å². The molecule has 26 heavy (non-hydrogen) atoms. The Kier molecular flexibility index (Phi) is 6.46. The van der Waals surface area contributed by atoms with E-state index in [1.165, 1.54) is 5.56 Å². The van der Waals surface area contributed by atoms with Crippen molar-refractivity contribution in [1.82, 2.24) is 9.62 Å². The first-order chi connectivity index (χ1) is 12.5. The minimum absolute atomic E-state index is 0.0620. The van der Waals surface area contributed by atoms with E-state index in [0.29, 0.717) is 12.5 Å². The maximum atomic E-state index is 12.4. The molecule has 0 atom stereocenters. The van der Waals surface area contributed by atoms with E-state index in [2.05, 4.69) is 33.9 Å². The Labute approximate surface area is 157 Å². The molecule has 0 amide bonds. The van der Waals surface area contributed by atoms with Crippen LogP contribution in [0.2, 0.25) is 0 Å². The quantitative estimate of drug-likeness (QED) is 0.811. The Morgan fingerprint density at radius 2 is 1.65 bits per heavy atom. The van der Waals surface area contributed by atoms with E-state index in [4.69, 9.17) is 0 Å². The lowest BCUT2D eigenvalue weighted by Crippen LogP contribution is -2.38. The molecule has 0 bridgehead atoms. The van der Waals surface area contributed by atoms with Gasteiger partial charge < -0.3 is 0 Å². The van der Waals surface area contributed by atoms with Crippen LogP contribution in [-0.2, 0) is 22.3 Å². The Balaban J connectivity index is 1.44. The van der Waals surface area contributed by atoms with Crippen molar-refractivity contribution < 1.29 is 8.42 Å². The van der Waals surface area contributed by atoms with Crippen LogP contribution in [0.15, 0.2) is 54.6 Å². The van der Waals surface area contributed by atoms with Crippen molar-refractivity contribution in [3.63, 3.8) is 0 Å². The second-order valence-electron chi connectivity index (χ2n) is 7.24.